The lowest BCUT2D eigenvalue weighted by Crippen LogP contribution is -2.17. The predicted octanol–water partition coefficient (Wildman–Crippen LogP) is 3.67. The van der Waals surface area contributed by atoms with E-state index in [9.17, 15) is 4.39 Å². The van der Waals surface area contributed by atoms with Gasteiger partial charge in [-0.2, -0.15) is 0 Å². The van der Waals surface area contributed by atoms with Crippen LogP contribution in [0, 0.1) is 11.7 Å². The number of hydrogen-bond acceptors (Lipinski definition) is 1. The smallest absolute Gasteiger partial charge is 0.125 e. The molecule has 0 heterocycles. The van der Waals surface area contributed by atoms with Crippen LogP contribution in [0.5, 0.6) is 0 Å². The molecule has 14 heavy (non-hydrogen) atoms. The first-order valence-electron chi connectivity index (χ1n) is 5.10. The third-order valence-corrected chi connectivity index (χ3v) is 2.06. The molecule has 1 nitrogen and oxygen atoms in total. The van der Waals surface area contributed by atoms with Gasteiger partial charge < -0.3 is 5.32 Å². The molecule has 0 saturated carbocycles. The molecular weight excluding hydrogens is 177 g/mol. The van der Waals surface area contributed by atoms with Crippen molar-refractivity contribution in [2.24, 2.45) is 5.92 Å². The van der Waals surface area contributed by atoms with E-state index in [1.165, 1.54) is 12.1 Å². The maximum Gasteiger partial charge on any atom is 0.125 e. The Balaban J connectivity index is 2.51. The van der Waals surface area contributed by atoms with E-state index in [2.05, 4.69) is 26.1 Å². The predicted molar refractivity (Wildman–Crippen MR) is 58.9 cm³/mol. The molecule has 0 amide bonds. The fourth-order valence-corrected chi connectivity index (χ4v) is 1.63. The van der Waals surface area contributed by atoms with Gasteiger partial charge in [-0.15, -0.1) is 0 Å². The molecular formula is C12H18FN. The van der Waals surface area contributed by atoms with E-state index >= 15 is 0 Å². The van der Waals surface area contributed by atoms with E-state index in [0.29, 0.717) is 12.0 Å². The molecule has 1 aromatic carbocycles. The van der Waals surface area contributed by atoms with Gasteiger partial charge in [-0.3, -0.25) is 0 Å². The van der Waals surface area contributed by atoms with Crippen molar-refractivity contribution < 1.29 is 4.39 Å². The van der Waals surface area contributed by atoms with Crippen molar-refractivity contribution in [3.63, 3.8) is 0 Å². The lowest BCUT2D eigenvalue weighted by Gasteiger charge is -2.17. The van der Waals surface area contributed by atoms with Gasteiger partial charge in [0.1, 0.15) is 5.82 Å². The quantitative estimate of drug-likeness (QED) is 0.773. The van der Waals surface area contributed by atoms with Gasteiger partial charge in [0.25, 0.3) is 0 Å². The third kappa shape index (κ3) is 3.77. The highest BCUT2D eigenvalue weighted by Crippen LogP contribution is 2.13. The van der Waals surface area contributed by atoms with Crippen LogP contribution in [0.4, 0.5) is 10.1 Å². The summed E-state index contributed by atoms with van der Waals surface area (Å²) in [6.07, 6.45) is 1.09. The van der Waals surface area contributed by atoms with E-state index in [-0.39, 0.29) is 5.82 Å². The topological polar surface area (TPSA) is 12.0 Å². The highest BCUT2D eigenvalue weighted by Gasteiger charge is 2.04. The van der Waals surface area contributed by atoms with E-state index in [1.54, 1.807) is 6.07 Å². The lowest BCUT2D eigenvalue weighted by molar-refractivity contribution is 0.539. The van der Waals surface area contributed by atoms with Crippen molar-refractivity contribution in [3.05, 3.63) is 30.1 Å². The van der Waals surface area contributed by atoms with Crippen LogP contribution < -0.4 is 5.32 Å². The third-order valence-electron chi connectivity index (χ3n) is 2.06. The molecule has 0 aromatic heterocycles. The molecule has 0 spiro atoms. The minimum Gasteiger partial charge on any atom is -0.382 e. The van der Waals surface area contributed by atoms with Gasteiger partial charge in [0.2, 0.25) is 0 Å². The van der Waals surface area contributed by atoms with Gasteiger partial charge in [-0.05, 0) is 37.5 Å². The Morgan fingerprint density at radius 1 is 1.29 bits per heavy atom. The highest BCUT2D eigenvalue weighted by atomic mass is 19.1. The van der Waals surface area contributed by atoms with Gasteiger partial charge in [-0.1, -0.05) is 19.9 Å². The normalized spacial score (nSPS) is 12.9. The van der Waals surface area contributed by atoms with E-state index in [4.69, 9.17) is 0 Å². The van der Waals surface area contributed by atoms with Gasteiger partial charge in [0.15, 0.2) is 0 Å². The van der Waals surface area contributed by atoms with Crippen molar-refractivity contribution in [2.75, 3.05) is 5.32 Å². The molecule has 0 aliphatic rings. The number of rotatable bonds is 4. The summed E-state index contributed by atoms with van der Waals surface area (Å²) in [5.74, 6) is 0.470. The second-order valence-electron chi connectivity index (χ2n) is 4.19. The molecule has 0 unspecified atom stereocenters. The molecule has 0 saturated heterocycles. The van der Waals surface area contributed by atoms with Crippen LogP contribution in [-0.4, -0.2) is 6.04 Å². The average Bonchev–Trinajstić information content (AvgIpc) is 2.01. The molecule has 1 aromatic rings. The Hall–Kier alpha value is -1.05. The summed E-state index contributed by atoms with van der Waals surface area (Å²) in [4.78, 5) is 0. The molecule has 0 aliphatic heterocycles. The Morgan fingerprint density at radius 2 is 2.00 bits per heavy atom. The lowest BCUT2D eigenvalue weighted by atomic mass is 10.1. The van der Waals surface area contributed by atoms with Crippen LogP contribution in [-0.2, 0) is 0 Å². The van der Waals surface area contributed by atoms with E-state index in [1.807, 2.05) is 6.07 Å². The summed E-state index contributed by atoms with van der Waals surface area (Å²) in [5, 5.41) is 3.27. The molecule has 0 fully saturated rings. The summed E-state index contributed by atoms with van der Waals surface area (Å²) in [5.41, 5.74) is 0.859. The van der Waals surface area contributed by atoms with Gasteiger partial charge in [-0.25, -0.2) is 4.39 Å². The average molecular weight is 195 g/mol. The molecule has 0 radical (unpaired) electrons. The molecule has 78 valence electrons. The minimum absolute atomic E-state index is 0.188. The van der Waals surface area contributed by atoms with Crippen LogP contribution in [0.3, 0.4) is 0 Å². The van der Waals surface area contributed by atoms with Crippen LogP contribution in [0.2, 0.25) is 0 Å². The van der Waals surface area contributed by atoms with Gasteiger partial charge in [0.05, 0.1) is 0 Å². The van der Waals surface area contributed by atoms with Crippen LogP contribution in [0.25, 0.3) is 0 Å². The van der Waals surface area contributed by atoms with Crippen molar-refractivity contribution >= 4 is 5.69 Å². The minimum atomic E-state index is -0.188. The number of hydrogen-bond donors (Lipinski definition) is 1. The Labute approximate surface area is 85.3 Å². The van der Waals surface area contributed by atoms with E-state index < -0.39 is 0 Å². The summed E-state index contributed by atoms with van der Waals surface area (Å²) < 4.78 is 12.8. The van der Waals surface area contributed by atoms with Crippen molar-refractivity contribution in [2.45, 2.75) is 33.2 Å². The molecule has 0 bridgehead atoms. The van der Waals surface area contributed by atoms with E-state index in [0.717, 1.165) is 12.1 Å². The Kier molecular flexibility index (Phi) is 3.93. The van der Waals surface area contributed by atoms with Crippen LogP contribution in [0.15, 0.2) is 24.3 Å². The first kappa shape index (κ1) is 11.0. The van der Waals surface area contributed by atoms with Crippen LogP contribution in [0.1, 0.15) is 27.2 Å². The number of benzene rings is 1. The highest BCUT2D eigenvalue weighted by molar-refractivity contribution is 5.43. The molecule has 0 aliphatic carbocycles. The van der Waals surface area contributed by atoms with Crippen molar-refractivity contribution in [1.29, 1.82) is 0 Å². The maximum atomic E-state index is 12.8. The summed E-state index contributed by atoms with van der Waals surface area (Å²) in [6.45, 7) is 6.48. The molecule has 1 rings (SSSR count). The van der Waals surface area contributed by atoms with Crippen molar-refractivity contribution in [3.8, 4) is 0 Å². The fraction of sp³-hybridized carbons (Fsp3) is 0.500. The zero-order valence-electron chi connectivity index (χ0n) is 9.05. The Bertz CT molecular complexity index is 283. The summed E-state index contributed by atoms with van der Waals surface area (Å²) in [7, 11) is 0. The zero-order valence-corrected chi connectivity index (χ0v) is 9.05. The first-order chi connectivity index (χ1) is 6.58. The molecule has 1 N–H and O–H groups in total. The largest absolute Gasteiger partial charge is 0.382 e. The number of anilines is 1. The monoisotopic (exact) mass is 195 g/mol. The fourth-order valence-electron chi connectivity index (χ4n) is 1.63. The second-order valence-corrected chi connectivity index (χ2v) is 4.19. The Morgan fingerprint density at radius 3 is 2.57 bits per heavy atom. The summed E-state index contributed by atoms with van der Waals surface area (Å²) >= 11 is 0. The maximum absolute atomic E-state index is 12.8. The SMILES string of the molecule is CC(C)C[C@H](C)Nc1cccc(F)c1. The summed E-state index contributed by atoms with van der Waals surface area (Å²) in [6, 6.07) is 6.98. The number of halogens is 1. The molecule has 2 heteroatoms. The van der Waals surface area contributed by atoms with Gasteiger partial charge >= 0.3 is 0 Å². The second kappa shape index (κ2) is 4.99. The standard InChI is InChI=1S/C12H18FN/c1-9(2)7-10(3)14-12-6-4-5-11(13)8-12/h4-6,8-10,14H,7H2,1-3H3/t10-/m0/s1. The first-order valence-corrected chi connectivity index (χ1v) is 5.10. The van der Waals surface area contributed by atoms with Crippen LogP contribution >= 0.6 is 0 Å². The van der Waals surface area contributed by atoms with Crippen molar-refractivity contribution in [1.82, 2.24) is 0 Å². The number of nitrogens with one attached hydrogen (secondary N) is 1. The van der Waals surface area contributed by atoms with Gasteiger partial charge in [0, 0.05) is 11.7 Å². The zero-order chi connectivity index (χ0) is 10.6. The molecule has 1 atom stereocenters.